The summed E-state index contributed by atoms with van der Waals surface area (Å²) in [6.07, 6.45) is 10.5. The number of unbranched alkanes of at least 4 members (excludes halogenated alkanes) is 8. The molecule has 7 heteroatoms. The lowest BCUT2D eigenvalue weighted by atomic mass is 10.0. The zero-order chi connectivity index (χ0) is 34.7. The van der Waals surface area contributed by atoms with Crippen molar-refractivity contribution in [3.8, 4) is 39.8 Å². The van der Waals surface area contributed by atoms with Crippen LogP contribution >= 0.6 is 0 Å². The molecule has 6 aromatic rings. The molecule has 50 heavy (non-hydrogen) atoms. The van der Waals surface area contributed by atoms with Crippen LogP contribution < -0.4 is 4.74 Å². The van der Waals surface area contributed by atoms with Gasteiger partial charge in [-0.1, -0.05) is 94.0 Å². The number of ether oxygens (including phenoxy) is 2. The van der Waals surface area contributed by atoms with Gasteiger partial charge < -0.3 is 18.5 Å². The van der Waals surface area contributed by atoms with Crippen molar-refractivity contribution < 1.29 is 18.7 Å². The molecule has 7 nitrogen and oxygen atoms in total. The highest BCUT2D eigenvalue weighted by Gasteiger charge is 2.15. The highest BCUT2D eigenvalue weighted by atomic mass is 16.5. The largest absolute Gasteiger partial charge is 0.494 e. The number of hydrogen-bond donors (Lipinski definition) is 0. The molecule has 0 saturated heterocycles. The standard InChI is InChI=1S/C43H47N3O4/c1-4-46-39-17-13-12-16-37(39)38-30-35(24-27-40(38)46)42-45-44-41(50-42)34-20-18-32(19-21-34)33-22-25-36(26-23-33)48-28-14-10-8-6-5-7-9-11-15-29-49-43(47)31(2)3/h12-13,16-27,30H,2,4-11,14-15,28-29H2,1,3H3. The predicted octanol–water partition coefficient (Wildman–Crippen LogP) is 11.2. The molecular formula is C43H47N3O4. The molecule has 0 unspecified atom stereocenters. The Morgan fingerprint density at radius 1 is 0.660 bits per heavy atom. The maximum absolute atomic E-state index is 11.4. The SMILES string of the molecule is C=C(C)C(=O)OCCCCCCCCCCCOc1ccc(-c2ccc(-c3nnc(-c4ccc5c(c4)c4ccccc4n5CC)o3)cc2)cc1. The Balaban J connectivity index is 0.922. The molecule has 0 saturated carbocycles. The Morgan fingerprint density at radius 2 is 1.20 bits per heavy atom. The number of aryl methyl sites for hydroxylation is 1. The molecule has 0 bridgehead atoms. The lowest BCUT2D eigenvalue weighted by Gasteiger charge is -2.08. The van der Waals surface area contributed by atoms with Crippen molar-refractivity contribution in [3.63, 3.8) is 0 Å². The van der Waals surface area contributed by atoms with E-state index in [-0.39, 0.29) is 5.97 Å². The molecule has 258 valence electrons. The molecule has 6 rings (SSSR count). The van der Waals surface area contributed by atoms with Crippen LogP contribution in [0.5, 0.6) is 5.75 Å². The summed E-state index contributed by atoms with van der Waals surface area (Å²) in [4.78, 5) is 11.4. The highest BCUT2D eigenvalue weighted by Crippen LogP contribution is 2.33. The number of nitrogens with zero attached hydrogens (tertiary/aromatic N) is 3. The van der Waals surface area contributed by atoms with E-state index >= 15 is 0 Å². The van der Waals surface area contributed by atoms with E-state index in [2.05, 4.69) is 95.0 Å². The lowest BCUT2D eigenvalue weighted by Crippen LogP contribution is -2.05. The minimum atomic E-state index is -0.285. The molecule has 0 aliphatic heterocycles. The summed E-state index contributed by atoms with van der Waals surface area (Å²) < 4.78 is 19.6. The number of carbonyl (C=O) groups is 1. The monoisotopic (exact) mass is 669 g/mol. The number of aromatic nitrogens is 3. The van der Waals surface area contributed by atoms with Gasteiger partial charge in [0.15, 0.2) is 0 Å². The number of fused-ring (bicyclic) bond motifs is 3. The van der Waals surface area contributed by atoms with Crippen LogP contribution in [0, 0.1) is 0 Å². The maximum Gasteiger partial charge on any atom is 0.333 e. The van der Waals surface area contributed by atoms with Crippen molar-refractivity contribution in [3.05, 3.63) is 103 Å². The molecule has 0 spiro atoms. The number of para-hydroxylation sites is 1. The van der Waals surface area contributed by atoms with Gasteiger partial charge >= 0.3 is 5.97 Å². The van der Waals surface area contributed by atoms with E-state index in [9.17, 15) is 4.79 Å². The number of carbonyl (C=O) groups excluding carboxylic acids is 1. The first-order valence-corrected chi connectivity index (χ1v) is 18.0. The fourth-order valence-electron chi connectivity index (χ4n) is 6.45. The van der Waals surface area contributed by atoms with E-state index in [1.54, 1.807) is 6.92 Å². The van der Waals surface area contributed by atoms with Gasteiger partial charge in [-0.25, -0.2) is 4.79 Å². The third kappa shape index (κ3) is 8.51. The van der Waals surface area contributed by atoms with Crippen LogP contribution in [-0.4, -0.2) is 33.9 Å². The van der Waals surface area contributed by atoms with Gasteiger partial charge in [0.2, 0.25) is 11.8 Å². The van der Waals surface area contributed by atoms with Crippen LogP contribution in [0.2, 0.25) is 0 Å². The fraction of sp³-hybridized carbons (Fsp3) is 0.326. The van der Waals surface area contributed by atoms with E-state index in [0.717, 1.165) is 60.4 Å². The minimum absolute atomic E-state index is 0.285. The second-order valence-electron chi connectivity index (χ2n) is 13.0. The van der Waals surface area contributed by atoms with Crippen LogP contribution in [0.4, 0.5) is 0 Å². The zero-order valence-electron chi connectivity index (χ0n) is 29.3. The average molecular weight is 670 g/mol. The molecule has 2 heterocycles. The first-order valence-electron chi connectivity index (χ1n) is 18.0. The van der Waals surface area contributed by atoms with E-state index in [1.807, 2.05) is 24.3 Å². The Hall–Kier alpha value is -5.17. The molecule has 0 fully saturated rings. The normalized spacial score (nSPS) is 11.3. The number of hydrogen-bond acceptors (Lipinski definition) is 6. The zero-order valence-corrected chi connectivity index (χ0v) is 29.3. The third-order valence-corrected chi connectivity index (χ3v) is 9.22. The Labute approximate surface area is 294 Å². The quantitative estimate of drug-likeness (QED) is 0.0515. The summed E-state index contributed by atoms with van der Waals surface area (Å²) in [6, 6.07) is 31.4. The van der Waals surface area contributed by atoms with Crippen LogP contribution in [0.1, 0.15) is 71.6 Å². The first kappa shape index (κ1) is 34.7. The molecule has 0 N–H and O–H groups in total. The maximum atomic E-state index is 11.4. The van der Waals surface area contributed by atoms with E-state index in [1.165, 1.54) is 60.3 Å². The van der Waals surface area contributed by atoms with Gasteiger partial charge in [-0.3, -0.25) is 0 Å². The van der Waals surface area contributed by atoms with Gasteiger partial charge in [0.1, 0.15) is 5.75 Å². The Bertz CT molecular complexity index is 2020. The van der Waals surface area contributed by atoms with Gasteiger partial charge in [0.25, 0.3) is 0 Å². The summed E-state index contributed by atoms with van der Waals surface area (Å²) >= 11 is 0. The van der Waals surface area contributed by atoms with Crippen molar-refractivity contribution in [2.75, 3.05) is 13.2 Å². The first-order chi connectivity index (χ1) is 24.5. The molecular weight excluding hydrogens is 622 g/mol. The second-order valence-corrected chi connectivity index (χ2v) is 13.0. The Kier molecular flexibility index (Phi) is 11.8. The Morgan fingerprint density at radius 3 is 1.86 bits per heavy atom. The van der Waals surface area contributed by atoms with Gasteiger partial charge in [0, 0.05) is 45.1 Å². The van der Waals surface area contributed by atoms with Gasteiger partial charge in [-0.2, -0.15) is 0 Å². The summed E-state index contributed by atoms with van der Waals surface area (Å²) in [5.41, 5.74) is 6.94. The van der Waals surface area contributed by atoms with Gasteiger partial charge in [-0.15, -0.1) is 10.2 Å². The van der Waals surface area contributed by atoms with Crippen molar-refractivity contribution in [1.29, 1.82) is 0 Å². The van der Waals surface area contributed by atoms with E-state index in [0.29, 0.717) is 24.0 Å². The van der Waals surface area contributed by atoms with Crippen molar-refractivity contribution >= 4 is 27.8 Å². The number of benzene rings is 4. The fourth-order valence-corrected chi connectivity index (χ4v) is 6.45. The van der Waals surface area contributed by atoms with Crippen LogP contribution in [0.25, 0.3) is 55.8 Å². The average Bonchev–Trinajstić information content (AvgIpc) is 3.77. The van der Waals surface area contributed by atoms with Crippen LogP contribution in [-0.2, 0) is 16.1 Å². The molecule has 0 atom stereocenters. The van der Waals surface area contributed by atoms with Gasteiger partial charge in [0.05, 0.1) is 13.2 Å². The van der Waals surface area contributed by atoms with Crippen LogP contribution in [0.15, 0.2) is 108 Å². The number of rotatable bonds is 18. The van der Waals surface area contributed by atoms with Crippen molar-refractivity contribution in [2.24, 2.45) is 0 Å². The summed E-state index contributed by atoms with van der Waals surface area (Å²) in [5.74, 6) is 1.63. The van der Waals surface area contributed by atoms with Crippen molar-refractivity contribution in [1.82, 2.24) is 14.8 Å². The molecule has 4 aromatic carbocycles. The number of esters is 1. The summed E-state index contributed by atoms with van der Waals surface area (Å²) in [7, 11) is 0. The molecule has 0 aliphatic rings. The van der Waals surface area contributed by atoms with Crippen LogP contribution in [0.3, 0.4) is 0 Å². The second kappa shape index (κ2) is 17.0. The smallest absolute Gasteiger partial charge is 0.333 e. The summed E-state index contributed by atoms with van der Waals surface area (Å²) in [6.45, 7) is 9.59. The molecule has 2 aromatic heterocycles. The highest BCUT2D eigenvalue weighted by molar-refractivity contribution is 6.09. The van der Waals surface area contributed by atoms with E-state index in [4.69, 9.17) is 13.9 Å². The molecule has 0 radical (unpaired) electrons. The molecule has 0 aliphatic carbocycles. The lowest BCUT2D eigenvalue weighted by molar-refractivity contribution is -0.139. The van der Waals surface area contributed by atoms with Gasteiger partial charge in [-0.05, 0) is 86.3 Å². The topological polar surface area (TPSA) is 79.4 Å². The molecule has 0 amide bonds. The predicted molar refractivity (Wildman–Crippen MR) is 202 cm³/mol. The third-order valence-electron chi connectivity index (χ3n) is 9.22. The summed E-state index contributed by atoms with van der Waals surface area (Å²) in [5, 5.41) is 11.2. The van der Waals surface area contributed by atoms with E-state index < -0.39 is 0 Å². The van der Waals surface area contributed by atoms with Crippen molar-refractivity contribution in [2.45, 2.75) is 78.2 Å². The minimum Gasteiger partial charge on any atom is -0.494 e.